The number of rotatable bonds is 7. The third-order valence-electron chi connectivity index (χ3n) is 5.26. The Morgan fingerprint density at radius 1 is 1.08 bits per heavy atom. The molecule has 144 valence electrons. The lowest BCUT2D eigenvalue weighted by Crippen LogP contribution is -2.56. The minimum atomic E-state index is 0.00636. The van der Waals surface area contributed by atoms with Crippen LogP contribution in [-0.4, -0.2) is 92.3 Å². The summed E-state index contributed by atoms with van der Waals surface area (Å²) in [5, 5.41) is 0. The Morgan fingerprint density at radius 2 is 1.77 bits per heavy atom. The van der Waals surface area contributed by atoms with Gasteiger partial charge in [0.25, 0.3) is 0 Å². The smallest absolute Gasteiger partial charge is 0.240 e. The Hall–Kier alpha value is -1.63. The van der Waals surface area contributed by atoms with Crippen molar-refractivity contribution in [2.45, 2.75) is 19.4 Å². The first-order chi connectivity index (χ1) is 12.8. The maximum Gasteiger partial charge on any atom is 0.240 e. The third-order valence-corrected chi connectivity index (χ3v) is 5.26. The second-order valence-corrected chi connectivity index (χ2v) is 6.90. The highest BCUT2D eigenvalue weighted by Crippen LogP contribution is 2.13. The van der Waals surface area contributed by atoms with Crippen molar-refractivity contribution in [2.24, 2.45) is 0 Å². The van der Waals surface area contributed by atoms with Gasteiger partial charge in [-0.05, 0) is 18.6 Å². The lowest BCUT2D eigenvalue weighted by molar-refractivity contribution is -0.140. The van der Waals surface area contributed by atoms with E-state index in [4.69, 9.17) is 9.47 Å². The van der Waals surface area contributed by atoms with Crippen molar-refractivity contribution < 1.29 is 14.3 Å². The Labute approximate surface area is 156 Å². The summed E-state index contributed by atoms with van der Waals surface area (Å²) in [5.74, 6) is 1.20. The van der Waals surface area contributed by atoms with Crippen LogP contribution in [0.2, 0.25) is 0 Å². The van der Waals surface area contributed by atoms with Crippen molar-refractivity contribution in [3.8, 4) is 5.75 Å². The van der Waals surface area contributed by atoms with E-state index in [0.29, 0.717) is 6.61 Å². The molecule has 1 aromatic rings. The molecule has 0 unspecified atom stereocenters. The summed E-state index contributed by atoms with van der Waals surface area (Å²) in [4.78, 5) is 19.6. The molecule has 0 aliphatic carbocycles. The Morgan fingerprint density at radius 3 is 2.42 bits per heavy atom. The number of carbonyl (C=O) groups excluding carboxylic acids is 1. The molecule has 26 heavy (non-hydrogen) atoms. The van der Waals surface area contributed by atoms with Gasteiger partial charge in [-0.15, -0.1) is 0 Å². The second-order valence-electron chi connectivity index (χ2n) is 6.90. The fourth-order valence-corrected chi connectivity index (χ4v) is 3.69. The maximum atomic E-state index is 12.9. The first-order valence-electron chi connectivity index (χ1n) is 9.78. The zero-order chi connectivity index (χ0) is 18.2. The van der Waals surface area contributed by atoms with Crippen molar-refractivity contribution >= 4 is 5.91 Å². The van der Waals surface area contributed by atoms with E-state index in [1.54, 1.807) is 0 Å². The summed E-state index contributed by atoms with van der Waals surface area (Å²) in [7, 11) is 0. The Balaban J connectivity index is 1.40. The molecule has 2 fully saturated rings. The number of nitrogens with zero attached hydrogens (tertiary/aromatic N) is 3. The highest BCUT2D eigenvalue weighted by Gasteiger charge is 2.31. The van der Waals surface area contributed by atoms with E-state index < -0.39 is 0 Å². The van der Waals surface area contributed by atoms with Gasteiger partial charge in [0, 0.05) is 45.8 Å². The zero-order valence-electron chi connectivity index (χ0n) is 15.8. The fourth-order valence-electron chi connectivity index (χ4n) is 3.69. The topological polar surface area (TPSA) is 45.2 Å². The number of para-hydroxylation sites is 1. The van der Waals surface area contributed by atoms with Crippen molar-refractivity contribution in [1.82, 2.24) is 14.7 Å². The summed E-state index contributed by atoms with van der Waals surface area (Å²) in [5.41, 5.74) is 0. The molecule has 0 bridgehead atoms. The molecular weight excluding hydrogens is 330 g/mol. The van der Waals surface area contributed by atoms with E-state index in [2.05, 4.69) is 16.7 Å². The predicted octanol–water partition coefficient (Wildman–Crippen LogP) is 1.32. The SMILES string of the molecule is CC[C@@H](C(=O)N1CCN(CCOc2ccccc2)CC1)N1CCOCC1. The molecule has 1 amide bonds. The molecule has 1 atom stereocenters. The molecule has 3 rings (SSSR count). The van der Waals surface area contributed by atoms with Gasteiger partial charge in [0.15, 0.2) is 0 Å². The van der Waals surface area contributed by atoms with Gasteiger partial charge in [0.05, 0.1) is 19.3 Å². The van der Waals surface area contributed by atoms with E-state index in [-0.39, 0.29) is 11.9 Å². The molecule has 2 aliphatic rings. The van der Waals surface area contributed by atoms with Crippen LogP contribution in [0.25, 0.3) is 0 Å². The molecule has 0 spiro atoms. The van der Waals surface area contributed by atoms with Gasteiger partial charge < -0.3 is 14.4 Å². The van der Waals surface area contributed by atoms with Gasteiger partial charge in [-0.2, -0.15) is 0 Å². The van der Waals surface area contributed by atoms with Crippen LogP contribution in [0.15, 0.2) is 30.3 Å². The first-order valence-corrected chi connectivity index (χ1v) is 9.78. The maximum absolute atomic E-state index is 12.9. The number of hydrogen-bond acceptors (Lipinski definition) is 5. The molecule has 2 aliphatic heterocycles. The molecule has 6 nitrogen and oxygen atoms in total. The lowest BCUT2D eigenvalue weighted by atomic mass is 10.1. The van der Waals surface area contributed by atoms with E-state index in [0.717, 1.165) is 71.2 Å². The summed E-state index contributed by atoms with van der Waals surface area (Å²) in [6.45, 7) is 10.3. The van der Waals surface area contributed by atoms with Gasteiger partial charge in [-0.3, -0.25) is 14.6 Å². The number of carbonyl (C=O) groups is 1. The van der Waals surface area contributed by atoms with Crippen LogP contribution >= 0.6 is 0 Å². The third kappa shape index (κ3) is 5.19. The molecule has 0 radical (unpaired) electrons. The Bertz CT molecular complexity index is 540. The molecule has 0 N–H and O–H groups in total. The van der Waals surface area contributed by atoms with Crippen LogP contribution in [0.4, 0.5) is 0 Å². The van der Waals surface area contributed by atoms with E-state index in [1.807, 2.05) is 35.2 Å². The number of benzene rings is 1. The van der Waals surface area contributed by atoms with E-state index >= 15 is 0 Å². The molecular formula is C20H31N3O3. The number of hydrogen-bond donors (Lipinski definition) is 0. The summed E-state index contributed by atoms with van der Waals surface area (Å²) in [6.07, 6.45) is 0.865. The molecule has 2 saturated heterocycles. The number of piperazine rings is 1. The number of amides is 1. The first kappa shape index (κ1) is 19.1. The standard InChI is InChI=1S/C20H31N3O3/c1-2-19(22-13-15-25-16-14-22)20(24)23-10-8-21(9-11-23)12-17-26-18-6-4-3-5-7-18/h3-7,19H,2,8-17H2,1H3/t19-/m0/s1. The zero-order valence-corrected chi connectivity index (χ0v) is 15.8. The van der Waals surface area contributed by atoms with Crippen molar-refractivity contribution in [1.29, 1.82) is 0 Å². The highest BCUT2D eigenvalue weighted by molar-refractivity contribution is 5.82. The summed E-state index contributed by atoms with van der Waals surface area (Å²) >= 11 is 0. The molecule has 0 aromatic heterocycles. The highest BCUT2D eigenvalue weighted by atomic mass is 16.5. The quantitative estimate of drug-likeness (QED) is 0.733. The van der Waals surface area contributed by atoms with Crippen molar-refractivity contribution in [3.63, 3.8) is 0 Å². The van der Waals surface area contributed by atoms with E-state index in [1.165, 1.54) is 0 Å². The molecule has 2 heterocycles. The van der Waals surface area contributed by atoms with Crippen LogP contribution in [0.5, 0.6) is 5.75 Å². The van der Waals surface area contributed by atoms with Crippen LogP contribution in [-0.2, 0) is 9.53 Å². The van der Waals surface area contributed by atoms with Crippen LogP contribution in [0.3, 0.4) is 0 Å². The van der Waals surface area contributed by atoms with Crippen molar-refractivity contribution in [3.05, 3.63) is 30.3 Å². The van der Waals surface area contributed by atoms with Gasteiger partial charge in [-0.25, -0.2) is 0 Å². The van der Waals surface area contributed by atoms with Crippen LogP contribution < -0.4 is 4.74 Å². The average molecular weight is 361 g/mol. The lowest BCUT2D eigenvalue weighted by Gasteiger charge is -2.39. The minimum Gasteiger partial charge on any atom is -0.492 e. The second kappa shape index (κ2) is 9.90. The summed E-state index contributed by atoms with van der Waals surface area (Å²) < 4.78 is 11.2. The largest absolute Gasteiger partial charge is 0.492 e. The number of ether oxygens (including phenoxy) is 2. The molecule has 6 heteroatoms. The normalized spacial score (nSPS) is 20.7. The molecule has 1 aromatic carbocycles. The van der Waals surface area contributed by atoms with Gasteiger partial charge in [0.2, 0.25) is 5.91 Å². The van der Waals surface area contributed by atoms with Gasteiger partial charge in [0.1, 0.15) is 12.4 Å². The van der Waals surface area contributed by atoms with Gasteiger partial charge in [-0.1, -0.05) is 25.1 Å². The van der Waals surface area contributed by atoms with E-state index in [9.17, 15) is 4.79 Å². The predicted molar refractivity (Wildman–Crippen MR) is 101 cm³/mol. The minimum absolute atomic E-state index is 0.00636. The van der Waals surface area contributed by atoms with Crippen LogP contribution in [0.1, 0.15) is 13.3 Å². The fraction of sp³-hybridized carbons (Fsp3) is 0.650. The monoisotopic (exact) mass is 361 g/mol. The van der Waals surface area contributed by atoms with Gasteiger partial charge >= 0.3 is 0 Å². The molecule has 0 saturated carbocycles. The Kier molecular flexibility index (Phi) is 7.29. The number of morpholine rings is 1. The average Bonchev–Trinajstić information content (AvgIpc) is 2.71. The van der Waals surface area contributed by atoms with Crippen molar-refractivity contribution in [2.75, 3.05) is 65.6 Å². The summed E-state index contributed by atoms with van der Waals surface area (Å²) in [6, 6.07) is 9.92. The van der Waals surface area contributed by atoms with Crippen LogP contribution in [0, 0.1) is 0 Å².